The van der Waals surface area contributed by atoms with Gasteiger partial charge in [0.05, 0.1) is 4.90 Å². The first kappa shape index (κ1) is 23.2. The molecule has 0 fully saturated rings. The number of sulfonamides is 1. The number of carbonyl (C=O) groups excluding carboxylic acids is 1. The van der Waals surface area contributed by atoms with Gasteiger partial charge < -0.3 is 5.32 Å². The summed E-state index contributed by atoms with van der Waals surface area (Å²) in [6, 6.07) is 20.4. The summed E-state index contributed by atoms with van der Waals surface area (Å²) >= 11 is 0. The first-order valence-electron chi connectivity index (χ1n) is 11.3. The first-order chi connectivity index (χ1) is 15.8. The molecule has 1 unspecified atom stereocenters. The molecule has 4 rings (SSSR count). The highest BCUT2D eigenvalue weighted by Crippen LogP contribution is 2.31. The number of rotatable bonds is 6. The van der Waals surface area contributed by atoms with E-state index < -0.39 is 16.1 Å². The van der Waals surface area contributed by atoms with Gasteiger partial charge in [0.1, 0.15) is 6.04 Å². The summed E-state index contributed by atoms with van der Waals surface area (Å²) in [6.45, 7) is 6.30. The van der Waals surface area contributed by atoms with Gasteiger partial charge in [0.25, 0.3) is 0 Å². The fourth-order valence-electron chi connectivity index (χ4n) is 4.29. The lowest BCUT2D eigenvalue weighted by molar-refractivity contribution is -0.125. The van der Waals surface area contributed by atoms with Crippen LogP contribution in [0, 0.1) is 13.8 Å². The molecule has 6 heteroatoms. The maximum atomic E-state index is 13.8. The van der Waals surface area contributed by atoms with Crippen LogP contribution in [0.3, 0.4) is 0 Å². The summed E-state index contributed by atoms with van der Waals surface area (Å²) in [6.07, 6.45) is 1.31. The lowest BCUT2D eigenvalue weighted by Gasteiger charge is -2.35. The SMILES string of the molecule is CCc1ccc(CNC(=O)C2Cc3ccccc3CN2S(=O)(=O)c2cc(C)ccc2C)cc1. The number of fused-ring (bicyclic) bond motifs is 1. The molecule has 3 aromatic rings. The average molecular weight is 463 g/mol. The van der Waals surface area contributed by atoms with Gasteiger partial charge in [-0.25, -0.2) is 8.42 Å². The molecule has 33 heavy (non-hydrogen) atoms. The van der Waals surface area contributed by atoms with Gasteiger partial charge in [-0.15, -0.1) is 0 Å². The molecule has 3 aromatic carbocycles. The van der Waals surface area contributed by atoms with Crippen molar-refractivity contribution in [1.29, 1.82) is 0 Å². The zero-order valence-electron chi connectivity index (χ0n) is 19.3. The van der Waals surface area contributed by atoms with E-state index in [1.54, 1.807) is 13.0 Å². The molecule has 1 aliphatic rings. The van der Waals surface area contributed by atoms with Gasteiger partial charge in [-0.2, -0.15) is 4.31 Å². The van der Waals surface area contributed by atoms with Crippen LogP contribution in [0.4, 0.5) is 0 Å². The minimum atomic E-state index is -3.87. The Bertz CT molecular complexity index is 1270. The van der Waals surface area contributed by atoms with Gasteiger partial charge in [-0.3, -0.25) is 4.79 Å². The van der Waals surface area contributed by atoms with Crippen molar-refractivity contribution >= 4 is 15.9 Å². The van der Waals surface area contributed by atoms with Gasteiger partial charge in [0.2, 0.25) is 15.9 Å². The van der Waals surface area contributed by atoms with E-state index in [2.05, 4.69) is 24.4 Å². The number of carbonyl (C=O) groups is 1. The lowest BCUT2D eigenvalue weighted by Crippen LogP contribution is -2.52. The molecule has 1 amide bonds. The zero-order chi connectivity index (χ0) is 23.6. The summed E-state index contributed by atoms with van der Waals surface area (Å²) in [5, 5.41) is 2.97. The number of hydrogen-bond donors (Lipinski definition) is 1. The van der Waals surface area contributed by atoms with Crippen LogP contribution >= 0.6 is 0 Å². The van der Waals surface area contributed by atoms with Gasteiger partial charge in [0, 0.05) is 13.1 Å². The maximum Gasteiger partial charge on any atom is 0.244 e. The van der Waals surface area contributed by atoms with Crippen molar-refractivity contribution in [2.45, 2.75) is 57.6 Å². The Hall–Kier alpha value is -2.96. The third-order valence-electron chi connectivity index (χ3n) is 6.34. The predicted molar refractivity (Wildman–Crippen MR) is 130 cm³/mol. The zero-order valence-corrected chi connectivity index (χ0v) is 20.2. The van der Waals surface area contributed by atoms with E-state index in [1.165, 1.54) is 9.87 Å². The van der Waals surface area contributed by atoms with Crippen LogP contribution in [0.25, 0.3) is 0 Å². The number of nitrogens with one attached hydrogen (secondary N) is 1. The topological polar surface area (TPSA) is 66.5 Å². The maximum absolute atomic E-state index is 13.8. The Balaban J connectivity index is 1.64. The summed E-state index contributed by atoms with van der Waals surface area (Å²) in [4.78, 5) is 13.6. The monoisotopic (exact) mass is 462 g/mol. The molecule has 172 valence electrons. The Morgan fingerprint density at radius 1 is 0.970 bits per heavy atom. The molecule has 1 N–H and O–H groups in total. The number of hydrogen-bond acceptors (Lipinski definition) is 3. The van der Waals surface area contributed by atoms with Crippen LogP contribution < -0.4 is 5.32 Å². The van der Waals surface area contributed by atoms with E-state index in [1.807, 2.05) is 55.5 Å². The second-order valence-electron chi connectivity index (χ2n) is 8.70. The van der Waals surface area contributed by atoms with Gasteiger partial charge >= 0.3 is 0 Å². The second kappa shape index (κ2) is 9.49. The Kier molecular flexibility index (Phi) is 6.68. The minimum absolute atomic E-state index is 0.176. The molecule has 0 bridgehead atoms. The molecule has 1 atom stereocenters. The molecular formula is C27H30N2O3S. The molecule has 1 heterocycles. The molecule has 1 aliphatic heterocycles. The van der Waals surface area contributed by atoms with Crippen molar-refractivity contribution in [3.05, 3.63) is 100 Å². The molecule has 0 saturated carbocycles. The molecule has 0 saturated heterocycles. The summed E-state index contributed by atoms with van der Waals surface area (Å²) < 4.78 is 28.9. The number of amides is 1. The molecule has 0 spiro atoms. The van der Waals surface area contributed by atoms with Crippen LogP contribution in [-0.2, 0) is 40.7 Å². The van der Waals surface area contributed by atoms with Crippen molar-refractivity contribution < 1.29 is 13.2 Å². The highest BCUT2D eigenvalue weighted by Gasteiger charge is 2.40. The molecule has 0 radical (unpaired) electrons. The van der Waals surface area contributed by atoms with Gasteiger partial charge in [0.15, 0.2) is 0 Å². The Morgan fingerprint density at radius 2 is 1.64 bits per heavy atom. The summed E-state index contributed by atoms with van der Waals surface area (Å²) in [7, 11) is -3.87. The van der Waals surface area contributed by atoms with Crippen molar-refractivity contribution in [3.63, 3.8) is 0 Å². The van der Waals surface area contributed by atoms with Crippen LogP contribution in [0.1, 0.15) is 40.3 Å². The second-order valence-corrected chi connectivity index (χ2v) is 10.6. The largest absolute Gasteiger partial charge is 0.351 e. The molecule has 0 aliphatic carbocycles. The molecule has 0 aromatic heterocycles. The summed E-state index contributed by atoms with van der Waals surface area (Å²) in [5.74, 6) is -0.280. The van der Waals surface area contributed by atoms with E-state index in [4.69, 9.17) is 0 Å². The van der Waals surface area contributed by atoms with Crippen molar-refractivity contribution in [2.24, 2.45) is 0 Å². The standard InChI is InChI=1S/C27H30N2O3S/c1-4-21-11-13-22(14-12-21)17-28-27(30)25-16-23-7-5-6-8-24(23)18-29(25)33(31,32)26-15-19(2)9-10-20(26)3/h5-15,25H,4,16-18H2,1-3H3,(H,28,30). The highest BCUT2D eigenvalue weighted by atomic mass is 32.2. The number of aryl methyl sites for hydroxylation is 3. The third kappa shape index (κ3) is 4.87. The van der Waals surface area contributed by atoms with Crippen LogP contribution in [0.2, 0.25) is 0 Å². The summed E-state index contributed by atoms with van der Waals surface area (Å²) in [5.41, 5.74) is 5.71. The van der Waals surface area contributed by atoms with E-state index in [0.717, 1.165) is 28.7 Å². The van der Waals surface area contributed by atoms with Crippen molar-refractivity contribution in [2.75, 3.05) is 0 Å². The first-order valence-corrected chi connectivity index (χ1v) is 12.7. The van der Waals surface area contributed by atoms with E-state index in [-0.39, 0.29) is 17.3 Å². The highest BCUT2D eigenvalue weighted by molar-refractivity contribution is 7.89. The van der Waals surface area contributed by atoms with E-state index >= 15 is 0 Å². The van der Waals surface area contributed by atoms with Crippen LogP contribution in [0.5, 0.6) is 0 Å². The molecular weight excluding hydrogens is 432 g/mol. The smallest absolute Gasteiger partial charge is 0.244 e. The fourth-order valence-corrected chi connectivity index (χ4v) is 6.16. The minimum Gasteiger partial charge on any atom is -0.351 e. The van der Waals surface area contributed by atoms with Gasteiger partial charge in [-0.1, -0.05) is 67.6 Å². The van der Waals surface area contributed by atoms with Gasteiger partial charge in [-0.05, 0) is 66.1 Å². The van der Waals surface area contributed by atoms with E-state index in [0.29, 0.717) is 18.5 Å². The normalized spacial score (nSPS) is 16.3. The third-order valence-corrected chi connectivity index (χ3v) is 8.33. The quantitative estimate of drug-likeness (QED) is 0.594. The number of nitrogens with zero attached hydrogens (tertiary/aromatic N) is 1. The van der Waals surface area contributed by atoms with Crippen molar-refractivity contribution in [3.8, 4) is 0 Å². The predicted octanol–water partition coefficient (Wildman–Crippen LogP) is 4.30. The average Bonchev–Trinajstić information content (AvgIpc) is 2.83. The Morgan fingerprint density at radius 3 is 2.33 bits per heavy atom. The Labute approximate surface area is 196 Å². The fraction of sp³-hybridized carbons (Fsp3) is 0.296. The number of benzene rings is 3. The van der Waals surface area contributed by atoms with Crippen LogP contribution in [-0.4, -0.2) is 24.7 Å². The van der Waals surface area contributed by atoms with E-state index in [9.17, 15) is 13.2 Å². The van der Waals surface area contributed by atoms with Crippen LogP contribution in [0.15, 0.2) is 71.6 Å². The van der Waals surface area contributed by atoms with Crippen molar-refractivity contribution in [1.82, 2.24) is 9.62 Å². The molecule has 5 nitrogen and oxygen atoms in total. The lowest BCUT2D eigenvalue weighted by atomic mass is 9.95.